The van der Waals surface area contributed by atoms with Crippen LogP contribution in [-0.2, 0) is 4.79 Å². The van der Waals surface area contributed by atoms with Gasteiger partial charge in [0.25, 0.3) is 0 Å². The number of fused-ring (bicyclic) bond motifs is 1. The van der Waals surface area contributed by atoms with Gasteiger partial charge in [-0.3, -0.25) is 4.79 Å². The molecule has 0 unspecified atom stereocenters. The number of aromatic nitrogens is 1. The van der Waals surface area contributed by atoms with E-state index in [-0.39, 0.29) is 5.91 Å². The maximum Gasteiger partial charge on any atom is 0.234 e. The zero-order chi connectivity index (χ0) is 18.8. The number of halogens is 1. The van der Waals surface area contributed by atoms with Crippen LogP contribution in [0, 0.1) is 27.7 Å². The van der Waals surface area contributed by atoms with Crippen molar-refractivity contribution in [1.29, 1.82) is 0 Å². The number of benzene rings is 2. The van der Waals surface area contributed by atoms with Gasteiger partial charge in [0.05, 0.1) is 11.3 Å². The van der Waals surface area contributed by atoms with Crippen LogP contribution < -0.4 is 5.32 Å². The van der Waals surface area contributed by atoms with Gasteiger partial charge in [-0.15, -0.1) is 0 Å². The molecule has 5 heteroatoms. The number of carbonyl (C=O) groups is 1. The number of rotatable bonds is 4. The Morgan fingerprint density at radius 1 is 1.04 bits per heavy atom. The maximum absolute atomic E-state index is 12.3. The smallest absolute Gasteiger partial charge is 0.234 e. The number of nitrogens with one attached hydrogen (secondary N) is 1. The van der Waals surface area contributed by atoms with Crippen LogP contribution in [0.15, 0.2) is 41.4 Å². The summed E-state index contributed by atoms with van der Waals surface area (Å²) in [4.78, 5) is 17.1. The third-order valence-electron chi connectivity index (χ3n) is 4.45. The number of amides is 1. The van der Waals surface area contributed by atoms with E-state index in [4.69, 9.17) is 16.6 Å². The minimum Gasteiger partial charge on any atom is -0.325 e. The van der Waals surface area contributed by atoms with Crippen LogP contribution in [0.1, 0.15) is 22.3 Å². The van der Waals surface area contributed by atoms with E-state index >= 15 is 0 Å². The number of hydrogen-bond acceptors (Lipinski definition) is 3. The summed E-state index contributed by atoms with van der Waals surface area (Å²) in [6.07, 6.45) is 0. The molecule has 0 atom stereocenters. The van der Waals surface area contributed by atoms with Crippen molar-refractivity contribution in [1.82, 2.24) is 4.98 Å². The fourth-order valence-corrected chi connectivity index (χ4v) is 3.68. The average molecular weight is 385 g/mol. The summed E-state index contributed by atoms with van der Waals surface area (Å²) in [7, 11) is 0. The number of pyridine rings is 1. The van der Waals surface area contributed by atoms with Gasteiger partial charge in [0.1, 0.15) is 5.03 Å². The van der Waals surface area contributed by atoms with Crippen molar-refractivity contribution in [2.75, 3.05) is 11.1 Å². The highest BCUT2D eigenvalue weighted by molar-refractivity contribution is 8.00. The van der Waals surface area contributed by atoms with Gasteiger partial charge in [0.15, 0.2) is 0 Å². The van der Waals surface area contributed by atoms with Crippen LogP contribution in [0.5, 0.6) is 0 Å². The summed E-state index contributed by atoms with van der Waals surface area (Å²) < 4.78 is 0. The highest BCUT2D eigenvalue weighted by atomic mass is 35.5. The van der Waals surface area contributed by atoms with E-state index in [0.717, 1.165) is 27.1 Å². The number of carbonyl (C=O) groups excluding carboxylic acids is 1. The van der Waals surface area contributed by atoms with Gasteiger partial charge in [-0.05, 0) is 68.1 Å². The molecule has 0 aliphatic rings. The second-order valence-corrected chi connectivity index (χ2v) is 7.86. The lowest BCUT2D eigenvalue weighted by Crippen LogP contribution is -2.14. The first-order valence-corrected chi connectivity index (χ1v) is 9.78. The SMILES string of the molecule is Cc1ccc(NC(=O)CSc2nc3c(C)c(C)ccc3cc2C)cc1Cl. The van der Waals surface area contributed by atoms with Crippen LogP contribution in [0.25, 0.3) is 10.9 Å². The molecule has 3 rings (SSSR count). The molecule has 0 radical (unpaired) electrons. The molecule has 0 spiro atoms. The van der Waals surface area contributed by atoms with E-state index in [0.29, 0.717) is 16.5 Å². The molecule has 1 aromatic heterocycles. The van der Waals surface area contributed by atoms with Crippen LogP contribution >= 0.6 is 23.4 Å². The quantitative estimate of drug-likeness (QED) is 0.573. The second-order valence-electron chi connectivity index (χ2n) is 6.49. The third kappa shape index (κ3) is 4.02. The predicted octanol–water partition coefficient (Wildman–Crippen LogP) is 5.85. The van der Waals surface area contributed by atoms with E-state index in [2.05, 4.69) is 37.4 Å². The first-order chi connectivity index (χ1) is 12.3. The number of aryl methyl sites for hydroxylation is 4. The van der Waals surface area contributed by atoms with Gasteiger partial charge in [-0.1, -0.05) is 41.6 Å². The first kappa shape index (κ1) is 18.7. The number of anilines is 1. The number of nitrogens with zero attached hydrogens (tertiary/aromatic N) is 1. The molecule has 0 saturated carbocycles. The van der Waals surface area contributed by atoms with Crippen molar-refractivity contribution >= 4 is 45.9 Å². The Labute approximate surface area is 163 Å². The zero-order valence-corrected chi connectivity index (χ0v) is 16.9. The molecule has 1 amide bonds. The molecular weight excluding hydrogens is 364 g/mol. The molecule has 0 saturated heterocycles. The van der Waals surface area contributed by atoms with E-state index in [9.17, 15) is 4.79 Å². The topological polar surface area (TPSA) is 42.0 Å². The van der Waals surface area contributed by atoms with E-state index < -0.39 is 0 Å². The molecule has 1 N–H and O–H groups in total. The minimum absolute atomic E-state index is 0.0721. The van der Waals surface area contributed by atoms with E-state index in [1.807, 2.05) is 26.0 Å². The van der Waals surface area contributed by atoms with Crippen LogP contribution in [0.3, 0.4) is 0 Å². The molecule has 134 valence electrons. The number of hydrogen-bond donors (Lipinski definition) is 1. The number of thioether (sulfide) groups is 1. The molecule has 0 bridgehead atoms. The Morgan fingerprint density at radius 2 is 1.77 bits per heavy atom. The minimum atomic E-state index is -0.0721. The standard InChI is InChI=1S/C21H21ClN2OS/c1-12-5-7-16-9-14(3)21(24-20(16)15(12)4)26-11-19(25)23-17-8-6-13(2)18(22)10-17/h5-10H,11H2,1-4H3,(H,23,25). The summed E-state index contributed by atoms with van der Waals surface area (Å²) in [5.74, 6) is 0.229. The largest absolute Gasteiger partial charge is 0.325 e. The van der Waals surface area contributed by atoms with Crippen molar-refractivity contribution in [2.45, 2.75) is 32.7 Å². The van der Waals surface area contributed by atoms with E-state index in [1.165, 1.54) is 22.9 Å². The van der Waals surface area contributed by atoms with Crippen LogP contribution in [-0.4, -0.2) is 16.6 Å². The summed E-state index contributed by atoms with van der Waals surface area (Å²) in [5.41, 5.74) is 6.18. The van der Waals surface area contributed by atoms with Gasteiger partial charge < -0.3 is 5.32 Å². The lowest BCUT2D eigenvalue weighted by Gasteiger charge is -2.11. The molecule has 2 aromatic carbocycles. The van der Waals surface area contributed by atoms with Crippen molar-refractivity contribution in [3.8, 4) is 0 Å². The Morgan fingerprint density at radius 3 is 2.50 bits per heavy atom. The third-order valence-corrected chi connectivity index (χ3v) is 5.95. The van der Waals surface area contributed by atoms with Gasteiger partial charge in [0, 0.05) is 16.1 Å². The molecule has 3 aromatic rings. The van der Waals surface area contributed by atoms with Crippen LogP contribution in [0.2, 0.25) is 5.02 Å². The lowest BCUT2D eigenvalue weighted by molar-refractivity contribution is -0.113. The molecule has 0 aliphatic heterocycles. The predicted molar refractivity (Wildman–Crippen MR) is 111 cm³/mol. The summed E-state index contributed by atoms with van der Waals surface area (Å²) in [6, 6.07) is 11.9. The lowest BCUT2D eigenvalue weighted by atomic mass is 10.0. The molecule has 3 nitrogen and oxygen atoms in total. The Balaban J connectivity index is 1.74. The fourth-order valence-electron chi connectivity index (χ4n) is 2.72. The molecule has 0 aliphatic carbocycles. The normalized spacial score (nSPS) is 11.0. The van der Waals surface area contributed by atoms with Crippen LogP contribution in [0.4, 0.5) is 5.69 Å². The van der Waals surface area contributed by atoms with Crippen molar-refractivity contribution in [2.24, 2.45) is 0 Å². The highest BCUT2D eigenvalue weighted by Gasteiger charge is 2.10. The van der Waals surface area contributed by atoms with Gasteiger partial charge in [-0.25, -0.2) is 4.98 Å². The molecular formula is C21H21ClN2OS. The summed E-state index contributed by atoms with van der Waals surface area (Å²) >= 11 is 7.56. The van der Waals surface area contributed by atoms with Crippen molar-refractivity contribution in [3.63, 3.8) is 0 Å². The fraction of sp³-hybridized carbons (Fsp3) is 0.238. The Bertz CT molecular complexity index is 1000. The van der Waals surface area contributed by atoms with Gasteiger partial charge in [-0.2, -0.15) is 0 Å². The second kappa shape index (κ2) is 7.68. The van der Waals surface area contributed by atoms with Crippen molar-refractivity contribution in [3.05, 3.63) is 63.7 Å². The Hall–Kier alpha value is -2.04. The Kier molecular flexibility index (Phi) is 5.54. The highest BCUT2D eigenvalue weighted by Crippen LogP contribution is 2.27. The average Bonchev–Trinajstić information content (AvgIpc) is 2.60. The molecule has 1 heterocycles. The molecule has 0 fully saturated rings. The van der Waals surface area contributed by atoms with Crippen molar-refractivity contribution < 1.29 is 4.79 Å². The molecule has 26 heavy (non-hydrogen) atoms. The maximum atomic E-state index is 12.3. The van der Waals surface area contributed by atoms with E-state index in [1.54, 1.807) is 6.07 Å². The monoisotopic (exact) mass is 384 g/mol. The first-order valence-electron chi connectivity index (χ1n) is 8.41. The summed E-state index contributed by atoms with van der Waals surface area (Å²) in [6.45, 7) is 8.13. The zero-order valence-electron chi connectivity index (χ0n) is 15.3. The van der Waals surface area contributed by atoms with Gasteiger partial charge in [0.2, 0.25) is 5.91 Å². The van der Waals surface area contributed by atoms with Gasteiger partial charge >= 0.3 is 0 Å². The summed E-state index contributed by atoms with van der Waals surface area (Å²) in [5, 5.41) is 5.56.